The van der Waals surface area contributed by atoms with Gasteiger partial charge >= 0.3 is 5.97 Å². The van der Waals surface area contributed by atoms with Crippen LogP contribution in [0.25, 0.3) is 0 Å². The number of carboxylic acid groups (broad SMARTS) is 1. The maximum absolute atomic E-state index is 10.7. The van der Waals surface area contributed by atoms with E-state index in [1.165, 1.54) is 6.42 Å². The zero-order valence-electron chi connectivity index (χ0n) is 8.21. The summed E-state index contributed by atoms with van der Waals surface area (Å²) in [4.78, 5) is 10.7. The highest BCUT2D eigenvalue weighted by molar-refractivity contribution is 5.68. The molecular weight excluding hydrogens is 168 g/mol. The number of rotatable bonds is 4. The summed E-state index contributed by atoms with van der Waals surface area (Å²) < 4.78 is 5.60. The van der Waals surface area contributed by atoms with Crippen molar-refractivity contribution in [2.24, 2.45) is 0 Å². The summed E-state index contributed by atoms with van der Waals surface area (Å²) >= 11 is 0. The molecule has 3 nitrogen and oxygen atoms in total. The van der Waals surface area contributed by atoms with Crippen LogP contribution in [0.4, 0.5) is 0 Å². The number of hydrogen-bond donors (Lipinski definition) is 1. The number of carboxylic acids is 1. The van der Waals surface area contributed by atoms with Crippen LogP contribution in [-0.2, 0) is 9.53 Å². The number of ether oxygens (including phenoxy) is 1. The van der Waals surface area contributed by atoms with E-state index in [1.807, 2.05) is 6.92 Å². The molecule has 1 saturated carbocycles. The van der Waals surface area contributed by atoms with Gasteiger partial charge in [-0.25, -0.2) is 0 Å². The highest BCUT2D eigenvalue weighted by Crippen LogP contribution is 2.34. The first-order chi connectivity index (χ1) is 6.18. The van der Waals surface area contributed by atoms with E-state index in [-0.39, 0.29) is 12.0 Å². The second-order valence-corrected chi connectivity index (χ2v) is 3.75. The average molecular weight is 186 g/mol. The van der Waals surface area contributed by atoms with Gasteiger partial charge in [0.2, 0.25) is 0 Å². The minimum Gasteiger partial charge on any atom is -0.481 e. The second kappa shape index (κ2) is 4.61. The average Bonchev–Trinajstić information content (AvgIpc) is 2.04. The zero-order valence-corrected chi connectivity index (χ0v) is 8.21. The first kappa shape index (κ1) is 10.5. The topological polar surface area (TPSA) is 46.5 Å². The Morgan fingerprint density at radius 1 is 1.38 bits per heavy atom. The molecule has 0 heterocycles. The fourth-order valence-corrected chi connectivity index (χ4v) is 2.15. The zero-order chi connectivity index (χ0) is 9.73. The molecule has 0 aromatic rings. The summed E-state index contributed by atoms with van der Waals surface area (Å²) in [7, 11) is 0. The first-order valence-corrected chi connectivity index (χ1v) is 5.04. The van der Waals surface area contributed by atoms with Gasteiger partial charge in [-0.3, -0.25) is 4.79 Å². The van der Waals surface area contributed by atoms with E-state index in [0.717, 1.165) is 25.7 Å². The number of aliphatic carboxylic acids is 1. The Bertz CT molecular complexity index is 165. The minimum atomic E-state index is -0.740. The van der Waals surface area contributed by atoms with Gasteiger partial charge in [0, 0.05) is 6.61 Å². The van der Waals surface area contributed by atoms with Crippen LogP contribution in [0.2, 0.25) is 0 Å². The molecule has 0 aromatic heterocycles. The predicted octanol–water partition coefficient (Wildman–Crippen LogP) is 2.20. The molecule has 0 aliphatic heterocycles. The normalized spacial score (nSPS) is 21.3. The van der Waals surface area contributed by atoms with Crippen LogP contribution in [0, 0.1) is 0 Å². The lowest BCUT2D eigenvalue weighted by molar-refractivity contribution is -0.148. The summed E-state index contributed by atoms with van der Waals surface area (Å²) in [5.41, 5.74) is -0.348. The van der Waals surface area contributed by atoms with E-state index < -0.39 is 5.97 Å². The molecule has 76 valence electrons. The molecule has 0 unspecified atom stereocenters. The summed E-state index contributed by atoms with van der Waals surface area (Å²) in [6.07, 6.45) is 5.41. The molecule has 1 aliphatic carbocycles. The first-order valence-electron chi connectivity index (χ1n) is 5.04. The van der Waals surface area contributed by atoms with Crippen molar-refractivity contribution < 1.29 is 14.6 Å². The number of carbonyl (C=O) groups is 1. The van der Waals surface area contributed by atoms with Crippen molar-refractivity contribution in [2.75, 3.05) is 6.61 Å². The van der Waals surface area contributed by atoms with Crippen molar-refractivity contribution in [3.63, 3.8) is 0 Å². The van der Waals surface area contributed by atoms with Crippen molar-refractivity contribution >= 4 is 5.97 Å². The van der Waals surface area contributed by atoms with E-state index in [0.29, 0.717) is 6.61 Å². The van der Waals surface area contributed by atoms with Crippen LogP contribution in [0.5, 0.6) is 0 Å². The van der Waals surface area contributed by atoms with Crippen LogP contribution in [0.15, 0.2) is 0 Å². The Balaban J connectivity index is 2.55. The van der Waals surface area contributed by atoms with Crippen molar-refractivity contribution in [3.05, 3.63) is 0 Å². The lowest BCUT2D eigenvalue weighted by Crippen LogP contribution is -2.37. The largest absolute Gasteiger partial charge is 0.481 e. The Kier molecular flexibility index (Phi) is 3.72. The monoisotopic (exact) mass is 186 g/mol. The van der Waals surface area contributed by atoms with Gasteiger partial charge in [0.25, 0.3) is 0 Å². The molecule has 1 aliphatic rings. The van der Waals surface area contributed by atoms with Crippen LogP contribution in [-0.4, -0.2) is 23.3 Å². The fraction of sp³-hybridized carbons (Fsp3) is 0.900. The van der Waals surface area contributed by atoms with Crippen molar-refractivity contribution in [1.29, 1.82) is 0 Å². The molecule has 0 atom stereocenters. The lowest BCUT2D eigenvalue weighted by atomic mass is 9.82. The highest BCUT2D eigenvalue weighted by Gasteiger charge is 2.34. The van der Waals surface area contributed by atoms with Gasteiger partial charge in [0.05, 0.1) is 12.0 Å². The van der Waals surface area contributed by atoms with E-state index in [2.05, 4.69) is 0 Å². The van der Waals surface area contributed by atoms with E-state index in [4.69, 9.17) is 9.84 Å². The molecule has 0 saturated heterocycles. The van der Waals surface area contributed by atoms with Crippen LogP contribution < -0.4 is 0 Å². The molecule has 3 heteroatoms. The Hall–Kier alpha value is -0.570. The van der Waals surface area contributed by atoms with Crippen molar-refractivity contribution in [3.8, 4) is 0 Å². The fourth-order valence-electron chi connectivity index (χ4n) is 2.15. The molecule has 1 fully saturated rings. The maximum Gasteiger partial charge on any atom is 0.306 e. The smallest absolute Gasteiger partial charge is 0.306 e. The van der Waals surface area contributed by atoms with Gasteiger partial charge in [0.1, 0.15) is 0 Å². The van der Waals surface area contributed by atoms with Gasteiger partial charge in [0.15, 0.2) is 0 Å². The standard InChI is InChI=1S/C10H18O3/c1-2-13-10(8-9(11)12)6-4-3-5-7-10/h2-8H2,1H3,(H,11,12). The van der Waals surface area contributed by atoms with Gasteiger partial charge in [-0.05, 0) is 19.8 Å². The van der Waals surface area contributed by atoms with Gasteiger partial charge < -0.3 is 9.84 Å². The third-order valence-corrected chi connectivity index (χ3v) is 2.69. The maximum atomic E-state index is 10.7. The molecule has 0 radical (unpaired) electrons. The summed E-state index contributed by atoms with van der Waals surface area (Å²) in [5, 5.41) is 8.78. The van der Waals surface area contributed by atoms with Crippen molar-refractivity contribution in [1.82, 2.24) is 0 Å². The predicted molar refractivity (Wildman–Crippen MR) is 49.7 cm³/mol. The van der Waals surface area contributed by atoms with E-state index >= 15 is 0 Å². The Morgan fingerprint density at radius 3 is 2.46 bits per heavy atom. The molecule has 1 rings (SSSR count). The molecular formula is C10H18O3. The highest BCUT2D eigenvalue weighted by atomic mass is 16.5. The van der Waals surface area contributed by atoms with E-state index in [1.54, 1.807) is 0 Å². The van der Waals surface area contributed by atoms with Gasteiger partial charge in [-0.1, -0.05) is 19.3 Å². The summed E-state index contributed by atoms with van der Waals surface area (Å²) in [6, 6.07) is 0. The molecule has 1 N–H and O–H groups in total. The third kappa shape index (κ3) is 2.99. The van der Waals surface area contributed by atoms with Crippen LogP contribution in [0.3, 0.4) is 0 Å². The third-order valence-electron chi connectivity index (χ3n) is 2.69. The van der Waals surface area contributed by atoms with Crippen molar-refractivity contribution in [2.45, 2.75) is 51.0 Å². The molecule has 0 amide bonds. The summed E-state index contributed by atoms with van der Waals surface area (Å²) in [5.74, 6) is -0.740. The Labute approximate surface area is 79.1 Å². The molecule has 13 heavy (non-hydrogen) atoms. The second-order valence-electron chi connectivity index (χ2n) is 3.75. The minimum absolute atomic E-state index is 0.167. The molecule has 0 aromatic carbocycles. The van der Waals surface area contributed by atoms with Crippen LogP contribution in [0.1, 0.15) is 45.4 Å². The van der Waals surface area contributed by atoms with Gasteiger partial charge in [-0.15, -0.1) is 0 Å². The molecule has 0 bridgehead atoms. The molecule has 0 spiro atoms. The SMILES string of the molecule is CCOC1(CC(=O)O)CCCCC1. The summed E-state index contributed by atoms with van der Waals surface area (Å²) in [6.45, 7) is 2.55. The quantitative estimate of drug-likeness (QED) is 0.732. The Morgan fingerprint density at radius 2 is 2.00 bits per heavy atom. The van der Waals surface area contributed by atoms with Gasteiger partial charge in [-0.2, -0.15) is 0 Å². The number of hydrogen-bond acceptors (Lipinski definition) is 2. The lowest BCUT2D eigenvalue weighted by Gasteiger charge is -2.35. The van der Waals surface area contributed by atoms with Crippen LogP contribution >= 0.6 is 0 Å². The van der Waals surface area contributed by atoms with E-state index in [9.17, 15) is 4.79 Å².